The van der Waals surface area contributed by atoms with Crippen LogP contribution in [0, 0.1) is 20.8 Å². The van der Waals surface area contributed by atoms with Crippen molar-refractivity contribution in [3.63, 3.8) is 0 Å². The van der Waals surface area contributed by atoms with Crippen LogP contribution in [-0.2, 0) is 9.59 Å². The van der Waals surface area contributed by atoms with Gasteiger partial charge in [0.2, 0.25) is 11.8 Å². The molecule has 1 aromatic rings. The Hall–Kier alpha value is -1.53. The number of rotatable bonds is 5. The van der Waals surface area contributed by atoms with E-state index in [-0.39, 0.29) is 24.4 Å². The maximum atomic E-state index is 12.3. The number of carbonyl (C=O) groups excluding carboxylic acids is 2. The Morgan fingerprint density at radius 2 is 1.96 bits per heavy atom. The second kappa shape index (κ2) is 8.53. The molecule has 0 aliphatic carbocycles. The van der Waals surface area contributed by atoms with Crippen LogP contribution in [0.15, 0.2) is 12.1 Å². The van der Waals surface area contributed by atoms with Gasteiger partial charge in [0.15, 0.2) is 0 Å². The topological polar surface area (TPSA) is 61.4 Å². The van der Waals surface area contributed by atoms with Gasteiger partial charge in [-0.2, -0.15) is 11.8 Å². The highest BCUT2D eigenvalue weighted by Gasteiger charge is 2.20. The summed E-state index contributed by atoms with van der Waals surface area (Å²) in [6, 6.07) is 4.30. The van der Waals surface area contributed by atoms with Gasteiger partial charge >= 0.3 is 0 Å². The van der Waals surface area contributed by atoms with Crippen molar-refractivity contribution in [2.24, 2.45) is 0 Å². The molecule has 2 amide bonds. The molecule has 0 aromatic heterocycles. The van der Waals surface area contributed by atoms with Crippen molar-refractivity contribution in [1.82, 2.24) is 10.2 Å². The molecular formula is C18H27N3O2S. The zero-order valence-corrected chi connectivity index (χ0v) is 15.8. The fraction of sp³-hybridized carbons (Fsp3) is 0.556. The smallest absolute Gasteiger partial charge is 0.243 e. The number of hydrogen-bond donors (Lipinski definition) is 2. The lowest BCUT2D eigenvalue weighted by atomic mass is 10.1. The molecule has 0 spiro atoms. The predicted molar refractivity (Wildman–Crippen MR) is 101 cm³/mol. The summed E-state index contributed by atoms with van der Waals surface area (Å²) in [4.78, 5) is 26.1. The van der Waals surface area contributed by atoms with E-state index in [1.165, 1.54) is 10.5 Å². The van der Waals surface area contributed by atoms with Crippen LogP contribution < -0.4 is 10.6 Å². The summed E-state index contributed by atoms with van der Waals surface area (Å²) in [6.45, 7) is 7.02. The quantitative estimate of drug-likeness (QED) is 0.855. The van der Waals surface area contributed by atoms with Gasteiger partial charge in [-0.15, -0.1) is 0 Å². The molecule has 132 valence electrons. The molecular weight excluding hydrogens is 322 g/mol. The van der Waals surface area contributed by atoms with Gasteiger partial charge in [-0.3, -0.25) is 9.59 Å². The Kier molecular flexibility index (Phi) is 6.69. The fourth-order valence-electron chi connectivity index (χ4n) is 2.98. The number of hydrogen-bond acceptors (Lipinski definition) is 4. The van der Waals surface area contributed by atoms with Crippen LogP contribution in [0.1, 0.15) is 23.1 Å². The van der Waals surface area contributed by atoms with Crippen molar-refractivity contribution in [3.8, 4) is 0 Å². The van der Waals surface area contributed by atoms with E-state index < -0.39 is 0 Å². The van der Waals surface area contributed by atoms with Crippen molar-refractivity contribution in [2.45, 2.75) is 33.2 Å². The molecule has 2 rings (SSSR count). The number of nitrogens with zero attached hydrogens (tertiary/aromatic N) is 1. The lowest BCUT2D eigenvalue weighted by Crippen LogP contribution is -2.43. The first kappa shape index (κ1) is 18.8. The highest BCUT2D eigenvalue weighted by Crippen LogP contribution is 2.21. The molecule has 1 unspecified atom stereocenters. The number of benzene rings is 1. The summed E-state index contributed by atoms with van der Waals surface area (Å²) in [6.07, 6.45) is 0.444. The average molecular weight is 350 g/mol. The van der Waals surface area contributed by atoms with E-state index >= 15 is 0 Å². The summed E-state index contributed by atoms with van der Waals surface area (Å²) in [5.41, 5.74) is 4.10. The van der Waals surface area contributed by atoms with Gasteiger partial charge in [0.1, 0.15) is 0 Å². The number of anilines is 1. The summed E-state index contributed by atoms with van der Waals surface area (Å²) in [7, 11) is 1.69. The predicted octanol–water partition coefficient (Wildman–Crippen LogP) is 2.10. The van der Waals surface area contributed by atoms with E-state index in [0.717, 1.165) is 34.9 Å². The number of carbonyl (C=O) groups is 2. The van der Waals surface area contributed by atoms with Gasteiger partial charge in [0, 0.05) is 43.2 Å². The lowest BCUT2D eigenvalue weighted by molar-refractivity contribution is -0.133. The number of aryl methyl sites for hydroxylation is 3. The average Bonchev–Trinajstić information content (AvgIpc) is 2.51. The Morgan fingerprint density at radius 1 is 1.29 bits per heavy atom. The van der Waals surface area contributed by atoms with Crippen LogP contribution in [0.5, 0.6) is 0 Å². The molecule has 2 N–H and O–H groups in total. The molecule has 1 atom stereocenters. The second-order valence-corrected chi connectivity index (χ2v) is 7.65. The zero-order chi connectivity index (χ0) is 17.7. The van der Waals surface area contributed by atoms with E-state index in [4.69, 9.17) is 0 Å². The monoisotopic (exact) mass is 349 g/mol. The highest BCUT2D eigenvalue weighted by atomic mass is 32.2. The number of nitrogens with one attached hydrogen (secondary N) is 2. The molecule has 0 bridgehead atoms. The minimum absolute atomic E-state index is 0.00231. The molecule has 1 heterocycles. The maximum absolute atomic E-state index is 12.3. The van der Waals surface area contributed by atoms with Crippen LogP contribution in [0.4, 0.5) is 5.69 Å². The normalized spacial score (nSPS) is 17.4. The van der Waals surface area contributed by atoms with Crippen molar-refractivity contribution in [2.75, 3.05) is 37.0 Å². The molecule has 24 heavy (non-hydrogen) atoms. The highest BCUT2D eigenvalue weighted by molar-refractivity contribution is 7.99. The van der Waals surface area contributed by atoms with Crippen LogP contribution in [0.3, 0.4) is 0 Å². The van der Waals surface area contributed by atoms with E-state index in [1.54, 1.807) is 7.05 Å². The molecule has 1 aromatic carbocycles. The molecule has 6 heteroatoms. The summed E-state index contributed by atoms with van der Waals surface area (Å²) >= 11 is 1.86. The molecule has 0 saturated carbocycles. The third-order valence-corrected chi connectivity index (χ3v) is 5.30. The summed E-state index contributed by atoms with van der Waals surface area (Å²) < 4.78 is 0. The van der Waals surface area contributed by atoms with Crippen molar-refractivity contribution in [1.29, 1.82) is 0 Å². The Labute approximate surface area is 148 Å². The SMILES string of the molecule is Cc1cc(C)c(NC(=O)CN(C)C(=O)CC2CSCCN2)c(C)c1. The first-order valence-corrected chi connectivity index (χ1v) is 9.45. The summed E-state index contributed by atoms with van der Waals surface area (Å²) in [5.74, 6) is 1.89. The number of amides is 2. The van der Waals surface area contributed by atoms with Crippen LogP contribution in [0.25, 0.3) is 0 Å². The Balaban J connectivity index is 1.88. The van der Waals surface area contributed by atoms with Crippen molar-refractivity contribution < 1.29 is 9.59 Å². The minimum Gasteiger partial charge on any atom is -0.336 e. The number of likely N-dealkylation sites (N-methyl/N-ethyl adjacent to an activating group) is 1. The lowest BCUT2D eigenvalue weighted by Gasteiger charge is -2.25. The largest absolute Gasteiger partial charge is 0.336 e. The zero-order valence-electron chi connectivity index (χ0n) is 14.9. The van der Waals surface area contributed by atoms with Gasteiger partial charge in [-0.1, -0.05) is 17.7 Å². The van der Waals surface area contributed by atoms with E-state index in [0.29, 0.717) is 6.42 Å². The van der Waals surface area contributed by atoms with Gasteiger partial charge in [-0.25, -0.2) is 0 Å². The fourth-order valence-corrected chi connectivity index (χ4v) is 3.93. The van der Waals surface area contributed by atoms with E-state index in [9.17, 15) is 9.59 Å². The first-order valence-electron chi connectivity index (χ1n) is 8.29. The third-order valence-electron chi connectivity index (χ3n) is 4.17. The van der Waals surface area contributed by atoms with E-state index in [2.05, 4.69) is 10.6 Å². The van der Waals surface area contributed by atoms with Gasteiger partial charge in [0.25, 0.3) is 0 Å². The molecule has 0 radical (unpaired) electrons. The number of thioether (sulfide) groups is 1. The minimum atomic E-state index is -0.160. The van der Waals surface area contributed by atoms with Crippen molar-refractivity contribution >= 4 is 29.3 Å². The van der Waals surface area contributed by atoms with Gasteiger partial charge < -0.3 is 15.5 Å². The standard InChI is InChI=1S/C18H27N3O2S/c1-12-7-13(2)18(14(3)8-12)20-16(22)10-21(4)17(23)9-15-11-24-6-5-19-15/h7-8,15,19H,5-6,9-11H2,1-4H3,(H,20,22). The maximum Gasteiger partial charge on any atom is 0.243 e. The van der Waals surface area contributed by atoms with Gasteiger partial charge in [-0.05, 0) is 31.9 Å². The second-order valence-electron chi connectivity index (χ2n) is 6.50. The first-order chi connectivity index (χ1) is 11.4. The van der Waals surface area contributed by atoms with Crippen LogP contribution >= 0.6 is 11.8 Å². The van der Waals surface area contributed by atoms with E-state index in [1.807, 2.05) is 44.7 Å². The third kappa shape index (κ3) is 5.24. The van der Waals surface area contributed by atoms with Gasteiger partial charge in [0.05, 0.1) is 6.54 Å². The Morgan fingerprint density at radius 3 is 2.54 bits per heavy atom. The molecule has 1 fully saturated rings. The summed E-state index contributed by atoms with van der Waals surface area (Å²) in [5, 5.41) is 6.29. The molecule has 1 aliphatic heterocycles. The Bertz CT molecular complexity index is 589. The molecule has 1 saturated heterocycles. The van der Waals surface area contributed by atoms with Crippen LogP contribution in [0.2, 0.25) is 0 Å². The van der Waals surface area contributed by atoms with Crippen molar-refractivity contribution in [3.05, 3.63) is 28.8 Å². The van der Waals surface area contributed by atoms with Crippen LogP contribution in [-0.4, -0.2) is 54.4 Å². The molecule has 5 nitrogen and oxygen atoms in total. The molecule has 1 aliphatic rings.